The number of aliphatic hydroxyl groups is 1. The summed E-state index contributed by atoms with van der Waals surface area (Å²) in [6.07, 6.45) is -2.25. The zero-order valence-corrected chi connectivity index (χ0v) is 48.9. The van der Waals surface area contributed by atoms with Crippen molar-refractivity contribution in [3.05, 3.63) is 106 Å². The number of hydrogen-bond donors (Lipinski definition) is 7. The number of aryl methyl sites for hydroxylation is 1. The van der Waals surface area contributed by atoms with Gasteiger partial charge in [-0.05, 0) is 24.6 Å². The number of amides is 6. The van der Waals surface area contributed by atoms with E-state index >= 15 is 0 Å². The van der Waals surface area contributed by atoms with Crippen LogP contribution in [0.1, 0.15) is 81.4 Å². The highest BCUT2D eigenvalue weighted by Crippen LogP contribution is 2.40. The molecule has 25 nitrogen and oxygen atoms in total. The number of nitrogens with zero attached hydrogens (tertiary/aromatic N) is 7. The number of fused-ring (bicyclic) bond motifs is 14. The molecule has 7 aromatic heterocycles. The Morgan fingerprint density at radius 3 is 2.18 bits per heavy atom. The third-order valence-electron chi connectivity index (χ3n) is 11.7. The van der Waals surface area contributed by atoms with Crippen molar-refractivity contribution < 1.29 is 57.6 Å². The fourth-order valence-corrected chi connectivity index (χ4v) is 12.9. The molecule has 31 heteroatoms. The molecule has 9 rings (SSSR count). The van der Waals surface area contributed by atoms with Gasteiger partial charge in [-0.15, -0.1) is 56.7 Å². The summed E-state index contributed by atoms with van der Waals surface area (Å²) in [6, 6.07) is 10.1. The van der Waals surface area contributed by atoms with Crippen molar-refractivity contribution >= 4 is 115 Å². The van der Waals surface area contributed by atoms with E-state index in [1.165, 1.54) is 48.2 Å². The molecular weight excluding hydrogens is 1180 g/mol. The average molecular weight is 1230 g/mol. The van der Waals surface area contributed by atoms with Crippen LogP contribution in [0.15, 0.2) is 64.0 Å². The molecule has 8 heterocycles. The van der Waals surface area contributed by atoms with E-state index in [1.54, 1.807) is 78.0 Å². The van der Waals surface area contributed by atoms with E-state index in [9.17, 15) is 33.9 Å². The third kappa shape index (κ3) is 14.8. The van der Waals surface area contributed by atoms with Gasteiger partial charge in [-0.25, -0.2) is 39.7 Å². The van der Waals surface area contributed by atoms with Crippen LogP contribution in [0.5, 0.6) is 0 Å². The highest BCUT2D eigenvalue weighted by Gasteiger charge is 2.31. The maximum atomic E-state index is 14.2. The van der Waals surface area contributed by atoms with Gasteiger partial charge in [-0.1, -0.05) is 41.7 Å². The lowest BCUT2D eigenvalue weighted by Crippen LogP contribution is -2.40. The molecule has 0 aliphatic carbocycles. The van der Waals surface area contributed by atoms with Gasteiger partial charge in [0.2, 0.25) is 11.8 Å². The van der Waals surface area contributed by atoms with Crippen LogP contribution in [0.3, 0.4) is 0 Å². The molecule has 428 valence electrons. The van der Waals surface area contributed by atoms with Crippen LogP contribution in [0.4, 0.5) is 15.7 Å². The van der Waals surface area contributed by atoms with E-state index < -0.39 is 60.4 Å². The van der Waals surface area contributed by atoms with Crippen molar-refractivity contribution in [2.45, 2.75) is 38.1 Å². The van der Waals surface area contributed by atoms with Gasteiger partial charge in [0.15, 0.2) is 5.13 Å². The second kappa shape index (κ2) is 28.0. The normalized spacial score (nSPS) is 15.2. The molecule has 8 aromatic rings. The minimum absolute atomic E-state index is 0.00579. The summed E-state index contributed by atoms with van der Waals surface area (Å²) in [5.41, 5.74) is 2.49. The van der Waals surface area contributed by atoms with E-state index in [1.807, 2.05) is 0 Å². The number of benzene rings is 1. The van der Waals surface area contributed by atoms with E-state index in [2.05, 4.69) is 46.9 Å². The number of methoxy groups -OCH3 is 2. The molecule has 1 aromatic carbocycles. The minimum Gasteiger partial charge on any atom is -0.447 e. The Balaban J connectivity index is 1.05. The first-order chi connectivity index (χ1) is 39.8. The largest absolute Gasteiger partial charge is 0.447 e. The van der Waals surface area contributed by atoms with Crippen LogP contribution in [0, 0.1) is 6.92 Å². The Hall–Kier alpha value is -7.43. The smallest absolute Gasteiger partial charge is 0.412 e. The number of hydrogen-bond acceptors (Lipinski definition) is 25. The molecule has 0 spiro atoms. The van der Waals surface area contributed by atoms with E-state index in [0.29, 0.717) is 90.1 Å². The van der Waals surface area contributed by atoms with Gasteiger partial charge in [-0.3, -0.25) is 34.6 Å². The summed E-state index contributed by atoms with van der Waals surface area (Å²) in [5.74, 6) is -2.89. The second-order valence-electron chi connectivity index (χ2n) is 17.4. The summed E-state index contributed by atoms with van der Waals surface area (Å²) < 4.78 is 26.4. The topological polar surface area (TPSA) is 331 Å². The number of aliphatic hydroxyl groups excluding tert-OH is 1. The number of thiazole rings is 6. The number of ether oxygens (including phenoxy) is 5. The lowest BCUT2D eigenvalue weighted by molar-refractivity contribution is -0.122. The van der Waals surface area contributed by atoms with Gasteiger partial charge in [0, 0.05) is 53.2 Å². The van der Waals surface area contributed by atoms with Crippen molar-refractivity contribution in [1.29, 1.82) is 0 Å². The van der Waals surface area contributed by atoms with Gasteiger partial charge in [0.05, 0.1) is 69.2 Å². The number of pyridine rings is 1. The summed E-state index contributed by atoms with van der Waals surface area (Å²) in [6.45, 7) is 2.84. The SMILES string of the molecule is CNC(=O)C[C@@H]1NC(=O)c2csc(n2)-c2ccc(-c3nc(NC(=O)OCCOCCOCCOC)cs3)nc2-c2csc(n2)-c2csc(n2)[C@H]([C@@H](O)c2ccccc2)NC(=O)CNC(=O)c2nc(sc2COC)NC(=O)c2nc1sc2C. The molecule has 82 heavy (non-hydrogen) atoms. The van der Waals surface area contributed by atoms with Gasteiger partial charge >= 0.3 is 6.09 Å². The van der Waals surface area contributed by atoms with Crippen molar-refractivity contribution in [2.75, 3.05) is 78.1 Å². The summed E-state index contributed by atoms with van der Waals surface area (Å²) >= 11 is 6.91. The van der Waals surface area contributed by atoms with Crippen LogP contribution in [-0.4, -0.2) is 143 Å². The van der Waals surface area contributed by atoms with Crippen molar-refractivity contribution in [3.63, 3.8) is 0 Å². The molecule has 6 amide bonds. The number of carbonyl (C=O) groups excluding carboxylic acids is 6. The average Bonchev–Trinajstić information content (AvgIpc) is 4.48. The maximum Gasteiger partial charge on any atom is 0.412 e. The van der Waals surface area contributed by atoms with Crippen molar-refractivity contribution in [3.8, 4) is 43.4 Å². The molecule has 0 saturated carbocycles. The highest BCUT2D eigenvalue weighted by atomic mass is 32.1. The monoisotopic (exact) mass is 1230 g/mol. The Morgan fingerprint density at radius 2 is 1.40 bits per heavy atom. The molecule has 0 radical (unpaired) electrons. The number of carbonyl (C=O) groups is 6. The molecule has 0 fully saturated rings. The minimum atomic E-state index is -1.28. The molecule has 10 bridgehead atoms. The Labute approximate surface area is 491 Å². The molecular formula is C51H51N13O12S6. The third-order valence-corrected chi connectivity index (χ3v) is 17.3. The van der Waals surface area contributed by atoms with Gasteiger partial charge < -0.3 is 50.1 Å². The molecule has 1 aliphatic heterocycles. The summed E-state index contributed by atoms with van der Waals surface area (Å²) in [5, 5.41) is 36.7. The van der Waals surface area contributed by atoms with E-state index in [4.69, 9.17) is 43.6 Å². The Kier molecular flexibility index (Phi) is 20.2. The predicted octanol–water partition coefficient (Wildman–Crippen LogP) is 6.67. The standard InChI is InChI=1S/C51H51N13O12S6/c1-25-37-44(70)64-50-63-39(33(82-50)20-73-4)43(69)53-19-36(66)61-40(41(67)26-8-6-5-7-9-26)49-58-32(23-79-49)47-56-30(21-78-47)38-27(45-57-31(22-77-45)42(68)55-29(18-35(65)52-2)48(62-37)81-25)10-11-28(54-38)46-59-34(24-80-46)60-51(71)76-17-16-75-15-14-74-13-12-72-3/h5-11,21-24,29,40-41,67H,12-20H2,1-4H3,(H,52,65)(H,53,69)(H,55,68)(H,60,71)(H,61,66)(H,63,64,70)/t29-,40-,41-/m0/s1. The summed E-state index contributed by atoms with van der Waals surface area (Å²) in [7, 11) is 4.47. The Morgan fingerprint density at radius 1 is 0.683 bits per heavy atom. The van der Waals surface area contributed by atoms with Crippen LogP contribution in [0.2, 0.25) is 0 Å². The van der Waals surface area contributed by atoms with Crippen molar-refractivity contribution in [2.24, 2.45) is 0 Å². The zero-order chi connectivity index (χ0) is 57.7. The molecule has 3 atom stereocenters. The predicted molar refractivity (Wildman–Crippen MR) is 308 cm³/mol. The molecule has 1 aliphatic rings. The van der Waals surface area contributed by atoms with Crippen LogP contribution >= 0.6 is 68.0 Å². The fourth-order valence-electron chi connectivity index (χ4n) is 7.77. The number of rotatable bonds is 17. The van der Waals surface area contributed by atoms with Gasteiger partial charge in [0.1, 0.15) is 83.8 Å². The summed E-state index contributed by atoms with van der Waals surface area (Å²) in [4.78, 5) is 115. The quantitative estimate of drug-likeness (QED) is 0.0468. The number of aromatic nitrogens is 7. The Bertz CT molecular complexity index is 3560. The van der Waals surface area contributed by atoms with Gasteiger partial charge in [0.25, 0.3) is 17.7 Å². The van der Waals surface area contributed by atoms with Crippen molar-refractivity contribution in [1.82, 2.24) is 56.2 Å². The highest BCUT2D eigenvalue weighted by molar-refractivity contribution is 7.16. The van der Waals surface area contributed by atoms with E-state index in [-0.39, 0.29) is 59.3 Å². The molecule has 0 unspecified atom stereocenters. The number of nitrogens with one attached hydrogen (secondary N) is 6. The zero-order valence-electron chi connectivity index (χ0n) is 44.0. The first kappa shape index (κ1) is 59.2. The lowest BCUT2D eigenvalue weighted by atomic mass is 10.0. The molecule has 7 N–H and O–H groups in total. The fraction of sp³-hybridized carbons (Fsp3) is 0.314. The first-order valence-corrected chi connectivity index (χ1v) is 30.0. The number of anilines is 2. The van der Waals surface area contributed by atoms with Crippen LogP contribution in [0.25, 0.3) is 43.4 Å². The molecule has 0 saturated heterocycles. The second-order valence-corrected chi connectivity index (χ2v) is 23.2. The maximum absolute atomic E-state index is 14.2. The van der Waals surface area contributed by atoms with Gasteiger partial charge in [-0.2, -0.15) is 0 Å². The lowest BCUT2D eigenvalue weighted by Gasteiger charge is -2.23. The van der Waals surface area contributed by atoms with Crippen LogP contribution < -0.4 is 31.9 Å². The van der Waals surface area contributed by atoms with Crippen LogP contribution in [-0.2, 0) is 39.9 Å². The van der Waals surface area contributed by atoms with E-state index in [0.717, 1.165) is 34.0 Å². The first-order valence-electron chi connectivity index (χ1n) is 24.8.